The van der Waals surface area contributed by atoms with Crippen LogP contribution >= 0.6 is 0 Å². The molecule has 0 aliphatic heterocycles. The van der Waals surface area contributed by atoms with E-state index in [0.717, 1.165) is 12.1 Å². The van der Waals surface area contributed by atoms with Crippen LogP contribution in [0.25, 0.3) is 0 Å². The molecule has 1 amide bonds. The second-order valence-corrected chi connectivity index (χ2v) is 6.49. The summed E-state index contributed by atoms with van der Waals surface area (Å²) in [5.74, 6) is 0.454. The number of alkyl halides is 3. The number of carbonyl (C=O) groups excluding carboxylic acids is 2. The zero-order valence-corrected chi connectivity index (χ0v) is 15.8. The molecule has 0 radical (unpaired) electrons. The second-order valence-electron chi connectivity index (χ2n) is 6.49. The van der Waals surface area contributed by atoms with Gasteiger partial charge in [-0.3, -0.25) is 9.59 Å². The third-order valence-electron chi connectivity index (χ3n) is 4.21. The number of hydrogen-bond acceptors (Lipinski definition) is 3. The number of nitrogens with one attached hydrogen (secondary N) is 1. The number of hydrogen-bond donors (Lipinski definition) is 1. The first-order chi connectivity index (χ1) is 14.3. The van der Waals surface area contributed by atoms with Gasteiger partial charge >= 0.3 is 6.18 Å². The van der Waals surface area contributed by atoms with Crippen molar-refractivity contribution in [2.24, 2.45) is 0 Å². The van der Waals surface area contributed by atoms with Crippen LogP contribution in [0.2, 0.25) is 0 Å². The Kier molecular flexibility index (Phi) is 6.51. The van der Waals surface area contributed by atoms with E-state index in [9.17, 15) is 22.8 Å². The van der Waals surface area contributed by atoms with Crippen LogP contribution in [0.3, 0.4) is 0 Å². The molecular weight excluding hydrogens is 395 g/mol. The molecule has 0 spiro atoms. The van der Waals surface area contributed by atoms with Crippen LogP contribution in [-0.4, -0.2) is 11.7 Å². The summed E-state index contributed by atoms with van der Waals surface area (Å²) in [6.07, 6.45) is -4.70. The minimum atomic E-state index is -4.49. The minimum absolute atomic E-state index is 0.0321. The fraction of sp³-hybridized carbons (Fsp3) is 0.130. The summed E-state index contributed by atoms with van der Waals surface area (Å²) in [4.78, 5) is 24.3. The third kappa shape index (κ3) is 5.94. The first kappa shape index (κ1) is 21.1. The van der Waals surface area contributed by atoms with Gasteiger partial charge in [-0.2, -0.15) is 13.2 Å². The summed E-state index contributed by atoms with van der Waals surface area (Å²) in [5, 5.41) is 2.39. The molecule has 0 bridgehead atoms. The van der Waals surface area contributed by atoms with Crippen LogP contribution < -0.4 is 10.1 Å². The maximum Gasteiger partial charge on any atom is 0.416 e. The lowest BCUT2D eigenvalue weighted by Gasteiger charge is -2.10. The summed E-state index contributed by atoms with van der Waals surface area (Å²) in [6, 6.07) is 20.0. The van der Waals surface area contributed by atoms with Crippen molar-refractivity contribution >= 4 is 17.4 Å². The van der Waals surface area contributed by atoms with E-state index in [2.05, 4.69) is 5.32 Å². The highest BCUT2D eigenvalue weighted by Crippen LogP contribution is 2.30. The molecule has 7 heteroatoms. The predicted octanol–water partition coefficient (Wildman–Crippen LogP) is 6.10. The molecule has 0 aliphatic carbocycles. The smallest absolute Gasteiger partial charge is 0.416 e. The lowest BCUT2D eigenvalue weighted by molar-refractivity contribution is -0.137. The molecule has 154 valence electrons. The highest BCUT2D eigenvalue weighted by molar-refractivity contribution is 6.00. The molecular formula is C23H18F3NO3. The fourth-order valence-corrected chi connectivity index (χ4v) is 2.70. The minimum Gasteiger partial charge on any atom is -0.457 e. The largest absolute Gasteiger partial charge is 0.457 e. The van der Waals surface area contributed by atoms with E-state index in [1.165, 1.54) is 12.1 Å². The van der Waals surface area contributed by atoms with Crippen molar-refractivity contribution in [1.29, 1.82) is 0 Å². The molecule has 0 aromatic heterocycles. The summed E-state index contributed by atoms with van der Waals surface area (Å²) < 4.78 is 43.8. The van der Waals surface area contributed by atoms with Gasteiger partial charge in [0.05, 0.1) is 5.56 Å². The number of halogens is 3. The number of carbonyl (C=O) groups is 2. The Morgan fingerprint density at radius 3 is 2.13 bits per heavy atom. The van der Waals surface area contributed by atoms with Crippen LogP contribution in [0.4, 0.5) is 18.9 Å². The highest BCUT2D eigenvalue weighted by Gasteiger charge is 2.30. The second kappa shape index (κ2) is 9.26. The molecule has 0 unspecified atom stereocenters. The van der Waals surface area contributed by atoms with E-state index >= 15 is 0 Å². The number of Topliss-reactive ketones (excluding diaryl/α,β-unsaturated/α-hetero) is 1. The van der Waals surface area contributed by atoms with Crippen molar-refractivity contribution in [3.05, 3.63) is 90.0 Å². The molecule has 0 aliphatic rings. The van der Waals surface area contributed by atoms with Gasteiger partial charge in [0, 0.05) is 24.1 Å². The van der Waals surface area contributed by atoms with E-state index in [1.54, 1.807) is 24.3 Å². The topological polar surface area (TPSA) is 55.4 Å². The molecule has 0 saturated heterocycles. The predicted molar refractivity (Wildman–Crippen MR) is 107 cm³/mol. The molecule has 3 rings (SSSR count). The Labute approximate surface area is 171 Å². The third-order valence-corrected chi connectivity index (χ3v) is 4.21. The molecule has 4 nitrogen and oxygen atoms in total. The molecule has 0 heterocycles. The SMILES string of the molecule is O=C(CCC(=O)c1ccc(Oc2ccccc2)cc1)Nc1cccc(C(F)(F)F)c1. The number of rotatable bonds is 7. The Morgan fingerprint density at radius 1 is 0.800 bits per heavy atom. The summed E-state index contributed by atoms with van der Waals surface area (Å²) >= 11 is 0. The summed E-state index contributed by atoms with van der Waals surface area (Å²) in [6.45, 7) is 0. The first-order valence-corrected chi connectivity index (χ1v) is 9.14. The maximum atomic E-state index is 12.7. The Morgan fingerprint density at radius 2 is 1.47 bits per heavy atom. The molecule has 3 aromatic rings. The van der Waals surface area contributed by atoms with E-state index in [1.807, 2.05) is 30.3 Å². The lowest BCUT2D eigenvalue weighted by atomic mass is 10.1. The van der Waals surface area contributed by atoms with E-state index in [-0.39, 0.29) is 24.3 Å². The van der Waals surface area contributed by atoms with E-state index in [4.69, 9.17) is 4.74 Å². The van der Waals surface area contributed by atoms with Gasteiger partial charge in [-0.05, 0) is 54.6 Å². The number of ketones is 1. The zero-order chi connectivity index (χ0) is 21.6. The monoisotopic (exact) mass is 413 g/mol. The van der Waals surface area contributed by atoms with Crippen molar-refractivity contribution in [2.45, 2.75) is 19.0 Å². The quantitative estimate of drug-likeness (QED) is 0.476. The fourth-order valence-electron chi connectivity index (χ4n) is 2.70. The number of anilines is 1. The molecule has 0 saturated carbocycles. The molecule has 1 N–H and O–H groups in total. The Hall–Kier alpha value is -3.61. The van der Waals surface area contributed by atoms with Gasteiger partial charge in [0.1, 0.15) is 11.5 Å². The lowest BCUT2D eigenvalue weighted by Crippen LogP contribution is -2.14. The van der Waals surface area contributed by atoms with Crippen LogP contribution in [-0.2, 0) is 11.0 Å². The summed E-state index contributed by atoms with van der Waals surface area (Å²) in [5.41, 5.74) is -0.402. The van der Waals surface area contributed by atoms with Crippen molar-refractivity contribution < 1.29 is 27.5 Å². The molecule has 30 heavy (non-hydrogen) atoms. The zero-order valence-electron chi connectivity index (χ0n) is 15.8. The molecule has 0 atom stereocenters. The molecule has 0 fully saturated rings. The average molecular weight is 413 g/mol. The van der Waals surface area contributed by atoms with Crippen LogP contribution in [0.1, 0.15) is 28.8 Å². The summed E-state index contributed by atoms with van der Waals surface area (Å²) in [7, 11) is 0. The van der Waals surface area contributed by atoms with Gasteiger partial charge in [-0.25, -0.2) is 0 Å². The van der Waals surface area contributed by atoms with Crippen molar-refractivity contribution in [3.63, 3.8) is 0 Å². The normalized spacial score (nSPS) is 11.0. The standard InChI is InChI=1S/C23H18F3NO3/c24-23(25,26)17-5-4-6-18(15-17)27-22(29)14-13-21(28)16-9-11-20(12-10-16)30-19-7-2-1-3-8-19/h1-12,15H,13-14H2,(H,27,29). The highest BCUT2D eigenvalue weighted by atomic mass is 19.4. The van der Waals surface area contributed by atoms with Crippen molar-refractivity contribution in [2.75, 3.05) is 5.32 Å². The van der Waals surface area contributed by atoms with Gasteiger partial charge in [0.15, 0.2) is 5.78 Å². The van der Waals surface area contributed by atoms with Crippen LogP contribution in [0.5, 0.6) is 11.5 Å². The van der Waals surface area contributed by atoms with Gasteiger partial charge in [0.2, 0.25) is 5.91 Å². The van der Waals surface area contributed by atoms with E-state index < -0.39 is 17.6 Å². The number of benzene rings is 3. The van der Waals surface area contributed by atoms with Crippen LogP contribution in [0.15, 0.2) is 78.9 Å². The van der Waals surface area contributed by atoms with Gasteiger partial charge in [0.25, 0.3) is 0 Å². The Balaban J connectivity index is 1.52. The molecule has 3 aromatic carbocycles. The van der Waals surface area contributed by atoms with Gasteiger partial charge < -0.3 is 10.1 Å². The van der Waals surface area contributed by atoms with E-state index in [0.29, 0.717) is 17.1 Å². The van der Waals surface area contributed by atoms with Crippen LogP contribution in [0, 0.1) is 0 Å². The number of amides is 1. The number of ether oxygens (including phenoxy) is 1. The Bertz CT molecular complexity index is 1020. The van der Waals surface area contributed by atoms with Gasteiger partial charge in [-0.15, -0.1) is 0 Å². The van der Waals surface area contributed by atoms with Gasteiger partial charge in [-0.1, -0.05) is 24.3 Å². The number of para-hydroxylation sites is 1. The maximum absolute atomic E-state index is 12.7. The average Bonchev–Trinajstić information content (AvgIpc) is 2.73. The first-order valence-electron chi connectivity index (χ1n) is 9.14. The van der Waals surface area contributed by atoms with Crippen molar-refractivity contribution in [1.82, 2.24) is 0 Å². The van der Waals surface area contributed by atoms with Crippen molar-refractivity contribution in [3.8, 4) is 11.5 Å².